The summed E-state index contributed by atoms with van der Waals surface area (Å²) in [6.07, 6.45) is 3.57. The van der Waals surface area contributed by atoms with E-state index in [0.717, 1.165) is 29.8 Å². The SMILES string of the molecule is CCn1cc(-c2noc(-c3ccc(CN)nc3C3CC3)n2)c(=O)[nH]c1=O. The Hall–Kier alpha value is -3.07. The maximum Gasteiger partial charge on any atom is 0.328 e. The van der Waals surface area contributed by atoms with Crippen LogP contribution in [0.5, 0.6) is 0 Å². The second-order valence-corrected chi connectivity index (χ2v) is 6.22. The number of rotatable bonds is 5. The third-order valence-electron chi connectivity index (χ3n) is 4.40. The van der Waals surface area contributed by atoms with Gasteiger partial charge in [0.1, 0.15) is 5.56 Å². The molecule has 26 heavy (non-hydrogen) atoms. The van der Waals surface area contributed by atoms with Crippen LogP contribution < -0.4 is 17.0 Å². The minimum absolute atomic E-state index is 0.132. The summed E-state index contributed by atoms with van der Waals surface area (Å²) in [5.74, 6) is 0.803. The first-order chi connectivity index (χ1) is 12.6. The standard InChI is InChI=1S/C17H18N6O3/c1-2-23-8-12(15(24)21-17(23)25)14-20-16(26-22-14)11-6-5-10(7-18)19-13(11)9-3-4-9/h5-6,8-9H,2-4,7,18H2,1H3,(H,21,24,25). The van der Waals surface area contributed by atoms with Gasteiger partial charge in [0.05, 0.1) is 17.0 Å². The summed E-state index contributed by atoms with van der Waals surface area (Å²) < 4.78 is 6.76. The molecule has 0 radical (unpaired) electrons. The average molecular weight is 354 g/mol. The average Bonchev–Trinajstić information content (AvgIpc) is 3.39. The minimum atomic E-state index is -0.550. The molecule has 9 nitrogen and oxygen atoms in total. The highest BCUT2D eigenvalue weighted by Gasteiger charge is 2.30. The fourth-order valence-electron chi connectivity index (χ4n) is 2.83. The molecule has 0 unspecified atom stereocenters. The van der Waals surface area contributed by atoms with Crippen LogP contribution in [0.15, 0.2) is 32.4 Å². The largest absolute Gasteiger partial charge is 0.334 e. The zero-order valence-electron chi connectivity index (χ0n) is 14.2. The number of aromatic amines is 1. The predicted molar refractivity (Wildman–Crippen MR) is 93.4 cm³/mol. The van der Waals surface area contributed by atoms with Gasteiger partial charge in [-0.2, -0.15) is 4.98 Å². The molecule has 4 rings (SSSR count). The summed E-state index contributed by atoms with van der Waals surface area (Å²) in [7, 11) is 0. The molecular weight excluding hydrogens is 336 g/mol. The van der Waals surface area contributed by atoms with Crippen LogP contribution in [0.25, 0.3) is 22.8 Å². The molecule has 3 aromatic rings. The van der Waals surface area contributed by atoms with Gasteiger partial charge < -0.3 is 14.8 Å². The van der Waals surface area contributed by atoms with Crippen LogP contribution in [0.1, 0.15) is 37.1 Å². The van der Waals surface area contributed by atoms with Gasteiger partial charge in [-0.05, 0) is 31.9 Å². The fourth-order valence-corrected chi connectivity index (χ4v) is 2.83. The Morgan fingerprint density at radius 1 is 1.27 bits per heavy atom. The maximum absolute atomic E-state index is 12.1. The van der Waals surface area contributed by atoms with Crippen molar-refractivity contribution in [3.63, 3.8) is 0 Å². The lowest BCUT2D eigenvalue weighted by Crippen LogP contribution is -2.30. The third kappa shape index (κ3) is 2.86. The maximum atomic E-state index is 12.1. The van der Waals surface area contributed by atoms with E-state index in [4.69, 9.17) is 10.3 Å². The Balaban J connectivity index is 1.78. The summed E-state index contributed by atoms with van der Waals surface area (Å²) in [6.45, 7) is 2.59. The minimum Gasteiger partial charge on any atom is -0.334 e. The smallest absolute Gasteiger partial charge is 0.328 e. The highest BCUT2D eigenvalue weighted by molar-refractivity contribution is 5.61. The van der Waals surface area contributed by atoms with Crippen LogP contribution in [-0.2, 0) is 13.1 Å². The molecule has 0 atom stereocenters. The van der Waals surface area contributed by atoms with Crippen LogP contribution in [0.4, 0.5) is 0 Å². The topological polar surface area (TPSA) is 133 Å². The number of hydrogen-bond acceptors (Lipinski definition) is 7. The van der Waals surface area contributed by atoms with Crippen LogP contribution in [0, 0.1) is 0 Å². The van der Waals surface area contributed by atoms with Crippen LogP contribution in [0.3, 0.4) is 0 Å². The van der Waals surface area contributed by atoms with Crippen molar-refractivity contribution in [1.29, 1.82) is 0 Å². The Labute approximate surface area is 147 Å². The van der Waals surface area contributed by atoms with Crippen molar-refractivity contribution in [1.82, 2.24) is 24.7 Å². The van der Waals surface area contributed by atoms with E-state index >= 15 is 0 Å². The summed E-state index contributed by atoms with van der Waals surface area (Å²) >= 11 is 0. The molecule has 1 saturated carbocycles. The van der Waals surface area contributed by atoms with Gasteiger partial charge in [0.2, 0.25) is 5.82 Å². The first-order valence-electron chi connectivity index (χ1n) is 8.48. The lowest BCUT2D eigenvalue weighted by Gasteiger charge is -2.06. The van der Waals surface area contributed by atoms with Gasteiger partial charge in [0, 0.05) is 25.2 Å². The van der Waals surface area contributed by atoms with Crippen LogP contribution in [0.2, 0.25) is 0 Å². The van der Waals surface area contributed by atoms with Crippen molar-refractivity contribution in [3.8, 4) is 22.8 Å². The second-order valence-electron chi connectivity index (χ2n) is 6.22. The van der Waals surface area contributed by atoms with Gasteiger partial charge in [-0.25, -0.2) is 4.79 Å². The van der Waals surface area contributed by atoms with E-state index in [2.05, 4.69) is 20.1 Å². The Morgan fingerprint density at radius 2 is 2.08 bits per heavy atom. The first-order valence-corrected chi connectivity index (χ1v) is 8.48. The van der Waals surface area contributed by atoms with Crippen molar-refractivity contribution >= 4 is 0 Å². The number of pyridine rings is 1. The zero-order valence-corrected chi connectivity index (χ0v) is 14.2. The Bertz CT molecular complexity index is 1080. The van der Waals surface area contributed by atoms with Crippen molar-refractivity contribution in [2.24, 2.45) is 5.73 Å². The molecule has 9 heteroatoms. The summed E-state index contributed by atoms with van der Waals surface area (Å²) in [5.41, 5.74) is 7.31. The van der Waals surface area contributed by atoms with Gasteiger partial charge in [0.15, 0.2) is 0 Å². The molecule has 3 heterocycles. The molecule has 0 aliphatic heterocycles. The van der Waals surface area contributed by atoms with Crippen molar-refractivity contribution < 1.29 is 4.52 Å². The van der Waals surface area contributed by atoms with E-state index in [1.807, 2.05) is 12.1 Å². The molecule has 3 aromatic heterocycles. The number of nitrogens with zero attached hydrogens (tertiary/aromatic N) is 4. The number of aromatic nitrogens is 5. The number of hydrogen-bond donors (Lipinski definition) is 2. The summed E-state index contributed by atoms with van der Waals surface area (Å²) in [4.78, 5) is 35.0. The van der Waals surface area contributed by atoms with E-state index in [-0.39, 0.29) is 11.4 Å². The molecule has 134 valence electrons. The van der Waals surface area contributed by atoms with Crippen LogP contribution >= 0.6 is 0 Å². The van der Waals surface area contributed by atoms with Crippen LogP contribution in [-0.4, -0.2) is 24.7 Å². The molecule has 0 bridgehead atoms. The molecule has 1 aliphatic carbocycles. The molecule has 3 N–H and O–H groups in total. The van der Waals surface area contributed by atoms with E-state index in [1.54, 1.807) is 6.92 Å². The van der Waals surface area contributed by atoms with Crippen molar-refractivity contribution in [3.05, 3.63) is 50.6 Å². The van der Waals surface area contributed by atoms with E-state index in [1.165, 1.54) is 10.8 Å². The molecule has 0 spiro atoms. The Morgan fingerprint density at radius 3 is 2.77 bits per heavy atom. The molecule has 0 amide bonds. The summed E-state index contributed by atoms with van der Waals surface area (Å²) in [6, 6.07) is 3.70. The highest BCUT2D eigenvalue weighted by atomic mass is 16.5. The first kappa shape index (κ1) is 16.4. The van der Waals surface area contributed by atoms with E-state index < -0.39 is 11.2 Å². The monoisotopic (exact) mass is 354 g/mol. The van der Waals surface area contributed by atoms with Gasteiger partial charge in [-0.3, -0.25) is 14.8 Å². The van der Waals surface area contributed by atoms with Gasteiger partial charge in [-0.15, -0.1) is 0 Å². The number of nitrogens with two attached hydrogens (primary N) is 1. The van der Waals surface area contributed by atoms with E-state index in [9.17, 15) is 9.59 Å². The van der Waals surface area contributed by atoms with Gasteiger partial charge in [-0.1, -0.05) is 5.16 Å². The Kier molecular flexibility index (Phi) is 4.00. The molecule has 1 aliphatic rings. The van der Waals surface area contributed by atoms with Crippen molar-refractivity contribution in [2.45, 2.75) is 38.8 Å². The molecule has 0 aromatic carbocycles. The predicted octanol–water partition coefficient (Wildman–Crippen LogP) is 1.00. The molecular formula is C17H18N6O3. The summed E-state index contributed by atoms with van der Waals surface area (Å²) in [5, 5.41) is 3.92. The highest BCUT2D eigenvalue weighted by Crippen LogP contribution is 2.43. The number of H-pyrrole nitrogens is 1. The van der Waals surface area contributed by atoms with E-state index in [0.29, 0.717) is 24.9 Å². The molecule has 1 fully saturated rings. The fraction of sp³-hybridized carbons (Fsp3) is 0.353. The quantitative estimate of drug-likeness (QED) is 0.698. The van der Waals surface area contributed by atoms with Gasteiger partial charge >= 0.3 is 5.69 Å². The van der Waals surface area contributed by atoms with Crippen molar-refractivity contribution in [2.75, 3.05) is 0 Å². The number of aryl methyl sites for hydroxylation is 1. The second kappa shape index (κ2) is 6.34. The number of nitrogens with one attached hydrogen (secondary N) is 1. The molecule has 0 saturated heterocycles. The zero-order chi connectivity index (χ0) is 18.3. The normalized spacial score (nSPS) is 13.9. The lowest BCUT2D eigenvalue weighted by atomic mass is 10.1. The third-order valence-corrected chi connectivity index (χ3v) is 4.40. The van der Waals surface area contributed by atoms with Gasteiger partial charge in [0.25, 0.3) is 11.4 Å². The lowest BCUT2D eigenvalue weighted by molar-refractivity contribution is 0.431.